The molecule has 1 aliphatic rings. The van der Waals surface area contributed by atoms with Crippen molar-refractivity contribution in [1.82, 2.24) is 14.3 Å². The monoisotopic (exact) mass is 446 g/mol. The Balaban J connectivity index is 1.44. The molecule has 1 aromatic heterocycles. The van der Waals surface area contributed by atoms with Gasteiger partial charge in [0.05, 0.1) is 34.9 Å². The summed E-state index contributed by atoms with van der Waals surface area (Å²) >= 11 is 1.29. The molecule has 4 rings (SSSR count). The Labute approximate surface area is 179 Å². The van der Waals surface area contributed by atoms with Gasteiger partial charge in [0.25, 0.3) is 0 Å². The average Bonchev–Trinajstić information content (AvgIpc) is 3.17. The van der Waals surface area contributed by atoms with Gasteiger partial charge in [0.1, 0.15) is 0 Å². The van der Waals surface area contributed by atoms with Gasteiger partial charge < -0.3 is 15.0 Å². The normalized spacial score (nSPS) is 15.4. The molecule has 0 spiro atoms. The van der Waals surface area contributed by atoms with Crippen LogP contribution in [0.15, 0.2) is 52.5 Å². The number of hydrogen-bond donors (Lipinski definition) is 2. The van der Waals surface area contributed by atoms with Crippen LogP contribution in [0.25, 0.3) is 11.0 Å². The maximum absolute atomic E-state index is 12.9. The van der Waals surface area contributed by atoms with Crippen LogP contribution >= 0.6 is 11.8 Å². The van der Waals surface area contributed by atoms with Crippen molar-refractivity contribution >= 4 is 44.4 Å². The summed E-state index contributed by atoms with van der Waals surface area (Å²) in [4.78, 5) is 20.2. The highest BCUT2D eigenvalue weighted by Crippen LogP contribution is 2.24. The quantitative estimate of drug-likeness (QED) is 0.564. The van der Waals surface area contributed by atoms with E-state index in [2.05, 4.69) is 15.3 Å². The number of nitrogens with one attached hydrogen (secondary N) is 2. The van der Waals surface area contributed by atoms with Crippen molar-refractivity contribution in [3.8, 4) is 0 Å². The molecule has 0 aliphatic carbocycles. The number of carbonyl (C=O) groups excluding carboxylic acids is 1. The standard InChI is InChI=1S/C20H22N4O4S2/c1-14-6-7-15(30(26,27)24-8-10-28-11-9-24)12-18(14)21-19(25)13-29-20-22-16-4-2-3-5-17(16)23-20/h2-7,12H,8-11,13H2,1H3,(H,21,25)(H,22,23). The van der Waals surface area contributed by atoms with E-state index in [0.29, 0.717) is 37.1 Å². The number of carbonyl (C=O) groups is 1. The molecule has 0 unspecified atom stereocenters. The molecule has 0 saturated carbocycles. The summed E-state index contributed by atoms with van der Waals surface area (Å²) in [6.07, 6.45) is 0. The SMILES string of the molecule is Cc1ccc(S(=O)(=O)N2CCOCC2)cc1NC(=O)CSc1nc2ccccc2[nH]1. The number of anilines is 1. The zero-order valence-electron chi connectivity index (χ0n) is 16.4. The first-order chi connectivity index (χ1) is 14.4. The Morgan fingerprint density at radius 2 is 2.00 bits per heavy atom. The van der Waals surface area contributed by atoms with E-state index in [1.165, 1.54) is 22.1 Å². The summed E-state index contributed by atoms with van der Waals surface area (Å²) in [5, 5.41) is 3.48. The number of fused-ring (bicyclic) bond motifs is 1. The minimum Gasteiger partial charge on any atom is -0.379 e. The molecule has 0 bridgehead atoms. The van der Waals surface area contributed by atoms with Gasteiger partial charge in [-0.1, -0.05) is 30.0 Å². The van der Waals surface area contributed by atoms with Gasteiger partial charge in [0.2, 0.25) is 15.9 Å². The Kier molecular flexibility index (Phi) is 6.09. The second kappa shape index (κ2) is 8.76. The van der Waals surface area contributed by atoms with Crippen molar-refractivity contribution in [3.05, 3.63) is 48.0 Å². The second-order valence-corrected chi connectivity index (χ2v) is 9.79. The lowest BCUT2D eigenvalue weighted by molar-refractivity contribution is -0.113. The maximum Gasteiger partial charge on any atom is 0.243 e. The van der Waals surface area contributed by atoms with E-state index in [9.17, 15) is 13.2 Å². The number of morpholine rings is 1. The Morgan fingerprint density at radius 1 is 1.23 bits per heavy atom. The molecular formula is C20H22N4O4S2. The van der Waals surface area contributed by atoms with Crippen molar-refractivity contribution in [2.75, 3.05) is 37.4 Å². The summed E-state index contributed by atoms with van der Waals surface area (Å²) in [7, 11) is -3.63. The number of para-hydroxylation sites is 2. The molecule has 1 fully saturated rings. The second-order valence-electron chi connectivity index (χ2n) is 6.89. The van der Waals surface area contributed by atoms with E-state index >= 15 is 0 Å². The fourth-order valence-corrected chi connectivity index (χ4v) is 5.27. The van der Waals surface area contributed by atoms with Crippen LogP contribution in [0.2, 0.25) is 0 Å². The zero-order chi connectivity index (χ0) is 21.1. The first-order valence-electron chi connectivity index (χ1n) is 9.49. The molecule has 2 heterocycles. The number of H-pyrrole nitrogens is 1. The van der Waals surface area contributed by atoms with Gasteiger partial charge in [-0.2, -0.15) is 4.31 Å². The third-order valence-corrected chi connectivity index (χ3v) is 7.57. The topological polar surface area (TPSA) is 104 Å². The first kappa shape index (κ1) is 20.9. The number of nitrogens with zero attached hydrogens (tertiary/aromatic N) is 2. The number of aromatic amines is 1. The number of thioether (sulfide) groups is 1. The number of ether oxygens (including phenoxy) is 1. The van der Waals surface area contributed by atoms with E-state index in [4.69, 9.17) is 4.74 Å². The molecule has 158 valence electrons. The number of hydrogen-bond acceptors (Lipinski definition) is 6. The number of rotatable bonds is 6. The largest absolute Gasteiger partial charge is 0.379 e. The third-order valence-electron chi connectivity index (χ3n) is 4.80. The summed E-state index contributed by atoms with van der Waals surface area (Å²) in [5.74, 6) is -0.0795. The molecule has 3 aromatic rings. The summed E-state index contributed by atoms with van der Waals surface area (Å²) < 4.78 is 32.4. The van der Waals surface area contributed by atoms with Crippen molar-refractivity contribution in [2.24, 2.45) is 0 Å². The highest BCUT2D eigenvalue weighted by Gasteiger charge is 2.26. The Morgan fingerprint density at radius 3 is 2.77 bits per heavy atom. The molecule has 1 saturated heterocycles. The van der Waals surface area contributed by atoms with Gasteiger partial charge in [0, 0.05) is 18.8 Å². The summed E-state index contributed by atoms with van der Waals surface area (Å²) in [6, 6.07) is 12.4. The molecule has 1 amide bonds. The molecule has 2 aromatic carbocycles. The smallest absolute Gasteiger partial charge is 0.243 e. The van der Waals surface area contributed by atoms with Gasteiger partial charge in [-0.25, -0.2) is 13.4 Å². The Bertz CT molecular complexity index is 1140. The molecule has 2 N–H and O–H groups in total. The van der Waals surface area contributed by atoms with Crippen LogP contribution in [0.1, 0.15) is 5.56 Å². The van der Waals surface area contributed by atoms with E-state index in [1.807, 2.05) is 31.2 Å². The van der Waals surface area contributed by atoms with Crippen LogP contribution in [-0.4, -0.2) is 60.7 Å². The molecule has 10 heteroatoms. The van der Waals surface area contributed by atoms with Gasteiger partial charge in [-0.15, -0.1) is 0 Å². The zero-order valence-corrected chi connectivity index (χ0v) is 18.1. The molecule has 1 aliphatic heterocycles. The predicted molar refractivity (Wildman–Crippen MR) is 116 cm³/mol. The van der Waals surface area contributed by atoms with E-state index in [-0.39, 0.29) is 16.6 Å². The van der Waals surface area contributed by atoms with Crippen LogP contribution < -0.4 is 5.32 Å². The predicted octanol–water partition coefficient (Wildman–Crippen LogP) is 2.62. The van der Waals surface area contributed by atoms with E-state index in [1.54, 1.807) is 12.1 Å². The lowest BCUT2D eigenvalue weighted by Crippen LogP contribution is -2.40. The summed E-state index contributed by atoms with van der Waals surface area (Å²) in [6.45, 7) is 3.24. The third kappa shape index (κ3) is 4.51. The van der Waals surface area contributed by atoms with Crippen LogP contribution in [-0.2, 0) is 19.6 Å². The number of benzene rings is 2. The number of sulfonamides is 1. The van der Waals surface area contributed by atoms with Crippen LogP contribution in [0.4, 0.5) is 5.69 Å². The molecule has 30 heavy (non-hydrogen) atoms. The molecule has 0 radical (unpaired) electrons. The van der Waals surface area contributed by atoms with Crippen molar-refractivity contribution < 1.29 is 17.9 Å². The lowest BCUT2D eigenvalue weighted by Gasteiger charge is -2.26. The summed E-state index contributed by atoms with van der Waals surface area (Å²) in [5.41, 5.74) is 3.03. The Hall–Kier alpha value is -2.40. The number of aromatic nitrogens is 2. The maximum atomic E-state index is 12.9. The van der Waals surface area contributed by atoms with Crippen LogP contribution in [0.5, 0.6) is 0 Å². The first-order valence-corrected chi connectivity index (χ1v) is 11.9. The molecular weight excluding hydrogens is 424 g/mol. The molecule has 8 nitrogen and oxygen atoms in total. The van der Waals surface area contributed by atoms with Crippen LogP contribution in [0, 0.1) is 6.92 Å². The van der Waals surface area contributed by atoms with E-state index < -0.39 is 10.0 Å². The fraction of sp³-hybridized carbons (Fsp3) is 0.300. The number of amides is 1. The van der Waals surface area contributed by atoms with Gasteiger partial charge in [-0.05, 0) is 36.8 Å². The minimum atomic E-state index is -3.63. The number of imidazole rings is 1. The van der Waals surface area contributed by atoms with Crippen molar-refractivity contribution in [1.29, 1.82) is 0 Å². The number of aryl methyl sites for hydroxylation is 1. The highest BCUT2D eigenvalue weighted by molar-refractivity contribution is 7.99. The van der Waals surface area contributed by atoms with E-state index in [0.717, 1.165) is 16.6 Å². The minimum absolute atomic E-state index is 0.152. The van der Waals surface area contributed by atoms with Crippen LogP contribution in [0.3, 0.4) is 0 Å². The van der Waals surface area contributed by atoms with Crippen molar-refractivity contribution in [3.63, 3.8) is 0 Å². The van der Waals surface area contributed by atoms with Gasteiger partial charge in [-0.3, -0.25) is 4.79 Å². The molecule has 0 atom stereocenters. The highest BCUT2D eigenvalue weighted by atomic mass is 32.2. The fourth-order valence-electron chi connectivity index (χ4n) is 3.15. The lowest BCUT2D eigenvalue weighted by atomic mass is 10.2. The van der Waals surface area contributed by atoms with Crippen molar-refractivity contribution in [2.45, 2.75) is 17.0 Å². The average molecular weight is 447 g/mol. The van der Waals surface area contributed by atoms with Gasteiger partial charge in [0.15, 0.2) is 5.16 Å². The van der Waals surface area contributed by atoms with Gasteiger partial charge >= 0.3 is 0 Å².